The molecule has 1 aliphatic carbocycles. The van der Waals surface area contributed by atoms with Crippen LogP contribution >= 0.6 is 0 Å². The standard InChI is InChI=1S/C11H8O5/c1-16-8-3-2-5-6(12)4-7(13)10(14)9(5)11(8)15/h2-4,12,15H,1H3. The molecule has 0 aliphatic heterocycles. The number of phenolic OH excluding ortho intramolecular Hbond substituents is 1. The Morgan fingerprint density at radius 3 is 2.50 bits per heavy atom. The lowest BCUT2D eigenvalue weighted by molar-refractivity contribution is -0.111. The van der Waals surface area contributed by atoms with Crippen LogP contribution in [0.1, 0.15) is 15.9 Å². The molecule has 1 aromatic rings. The largest absolute Gasteiger partial charge is 0.507 e. The van der Waals surface area contributed by atoms with Crippen LogP contribution in [0, 0.1) is 0 Å². The molecule has 1 aromatic carbocycles. The number of fused-ring (bicyclic) bond motifs is 1. The molecule has 0 unspecified atom stereocenters. The Balaban J connectivity index is 2.76. The van der Waals surface area contributed by atoms with E-state index >= 15 is 0 Å². The number of hydrogen-bond donors (Lipinski definition) is 2. The lowest BCUT2D eigenvalue weighted by Crippen LogP contribution is -2.19. The maximum atomic E-state index is 11.5. The number of rotatable bonds is 1. The minimum atomic E-state index is -0.867. The van der Waals surface area contributed by atoms with Crippen molar-refractivity contribution in [1.29, 1.82) is 0 Å². The van der Waals surface area contributed by atoms with Crippen molar-refractivity contribution in [3.8, 4) is 11.5 Å². The van der Waals surface area contributed by atoms with E-state index in [4.69, 9.17) is 4.74 Å². The zero-order valence-corrected chi connectivity index (χ0v) is 8.35. The van der Waals surface area contributed by atoms with Gasteiger partial charge in [0.2, 0.25) is 11.6 Å². The number of carbonyl (C=O) groups excluding carboxylic acids is 2. The van der Waals surface area contributed by atoms with Gasteiger partial charge in [-0.3, -0.25) is 9.59 Å². The number of phenols is 1. The van der Waals surface area contributed by atoms with Gasteiger partial charge in [0, 0.05) is 11.6 Å². The monoisotopic (exact) mass is 220 g/mol. The first-order valence-corrected chi connectivity index (χ1v) is 4.46. The Labute approximate surface area is 90.6 Å². The maximum absolute atomic E-state index is 11.5. The molecule has 0 saturated carbocycles. The van der Waals surface area contributed by atoms with E-state index in [9.17, 15) is 19.8 Å². The van der Waals surface area contributed by atoms with Gasteiger partial charge in [-0.15, -0.1) is 0 Å². The number of ketones is 2. The van der Waals surface area contributed by atoms with E-state index in [0.29, 0.717) is 0 Å². The third-order valence-electron chi connectivity index (χ3n) is 2.36. The highest BCUT2D eigenvalue weighted by Crippen LogP contribution is 2.36. The minimum Gasteiger partial charge on any atom is -0.507 e. The van der Waals surface area contributed by atoms with E-state index in [0.717, 1.165) is 6.08 Å². The molecule has 0 bridgehead atoms. The van der Waals surface area contributed by atoms with Gasteiger partial charge in [-0.2, -0.15) is 0 Å². The third-order valence-corrected chi connectivity index (χ3v) is 2.36. The highest BCUT2D eigenvalue weighted by Gasteiger charge is 2.30. The molecule has 16 heavy (non-hydrogen) atoms. The molecule has 0 fully saturated rings. The molecule has 0 aromatic heterocycles. The van der Waals surface area contributed by atoms with Crippen LogP contribution in [-0.4, -0.2) is 28.9 Å². The molecule has 0 radical (unpaired) electrons. The van der Waals surface area contributed by atoms with Gasteiger partial charge in [0.15, 0.2) is 11.5 Å². The first kappa shape index (κ1) is 10.2. The predicted molar refractivity (Wildman–Crippen MR) is 54.6 cm³/mol. The minimum absolute atomic E-state index is 0.0783. The van der Waals surface area contributed by atoms with Crippen LogP contribution in [0.3, 0.4) is 0 Å². The molecule has 1 aliphatic rings. The van der Waals surface area contributed by atoms with Gasteiger partial charge in [0.1, 0.15) is 5.76 Å². The second kappa shape index (κ2) is 3.37. The summed E-state index contributed by atoms with van der Waals surface area (Å²) in [4.78, 5) is 22.7. The molecule has 0 spiro atoms. The van der Waals surface area contributed by atoms with Crippen LogP contribution in [0.5, 0.6) is 11.5 Å². The Morgan fingerprint density at radius 1 is 1.19 bits per heavy atom. The zero-order chi connectivity index (χ0) is 11.9. The van der Waals surface area contributed by atoms with E-state index in [1.807, 2.05) is 0 Å². The predicted octanol–water partition coefficient (Wildman–Crippen LogP) is 1.07. The Bertz CT molecular complexity index is 527. The molecule has 2 N–H and O–H groups in total. The first-order valence-electron chi connectivity index (χ1n) is 4.46. The SMILES string of the molecule is COc1ccc2c(c1O)C(=O)C(=O)C=C2O. The second-order valence-corrected chi connectivity index (χ2v) is 3.26. The summed E-state index contributed by atoms with van der Waals surface area (Å²) in [7, 11) is 1.33. The molecule has 0 saturated heterocycles. The number of hydrogen-bond acceptors (Lipinski definition) is 5. The lowest BCUT2D eigenvalue weighted by Gasteiger charge is -2.15. The van der Waals surface area contributed by atoms with Crippen molar-refractivity contribution in [2.24, 2.45) is 0 Å². The van der Waals surface area contributed by atoms with Crippen LogP contribution in [0.2, 0.25) is 0 Å². The van der Waals surface area contributed by atoms with E-state index in [1.165, 1.54) is 19.2 Å². The van der Waals surface area contributed by atoms with Crippen LogP contribution in [0.4, 0.5) is 0 Å². The number of Topliss-reactive ketones (excluding diaryl/α,β-unsaturated/α-hetero) is 1. The number of benzene rings is 1. The van der Waals surface area contributed by atoms with E-state index < -0.39 is 17.3 Å². The molecule has 5 heteroatoms. The van der Waals surface area contributed by atoms with Crippen LogP contribution in [0.15, 0.2) is 18.2 Å². The van der Waals surface area contributed by atoms with Gasteiger partial charge in [0.25, 0.3) is 0 Å². The van der Waals surface area contributed by atoms with Gasteiger partial charge < -0.3 is 14.9 Å². The van der Waals surface area contributed by atoms with E-state index in [-0.39, 0.29) is 22.6 Å². The number of aliphatic hydroxyl groups excluding tert-OH is 1. The molecular formula is C11H8O5. The maximum Gasteiger partial charge on any atom is 0.237 e. The summed E-state index contributed by atoms with van der Waals surface area (Å²) in [5.74, 6) is -2.41. The van der Waals surface area contributed by atoms with Crippen molar-refractivity contribution in [3.63, 3.8) is 0 Å². The normalized spacial score (nSPS) is 14.4. The number of aliphatic hydroxyl groups is 1. The smallest absolute Gasteiger partial charge is 0.237 e. The van der Waals surface area contributed by atoms with Gasteiger partial charge >= 0.3 is 0 Å². The topological polar surface area (TPSA) is 83.8 Å². The third kappa shape index (κ3) is 1.25. The van der Waals surface area contributed by atoms with Gasteiger partial charge in [-0.05, 0) is 12.1 Å². The van der Waals surface area contributed by atoms with Crippen molar-refractivity contribution in [1.82, 2.24) is 0 Å². The quantitative estimate of drug-likeness (QED) is 0.691. The number of carbonyl (C=O) groups is 2. The van der Waals surface area contributed by atoms with Crippen LogP contribution < -0.4 is 4.74 Å². The zero-order valence-electron chi connectivity index (χ0n) is 8.35. The van der Waals surface area contributed by atoms with Gasteiger partial charge in [-0.25, -0.2) is 0 Å². The molecule has 0 amide bonds. The van der Waals surface area contributed by atoms with Crippen LogP contribution in [0.25, 0.3) is 5.76 Å². The summed E-state index contributed by atoms with van der Waals surface area (Å²) in [5, 5.41) is 19.2. The second-order valence-electron chi connectivity index (χ2n) is 3.26. The fourth-order valence-electron chi connectivity index (χ4n) is 1.57. The molecule has 0 atom stereocenters. The van der Waals surface area contributed by atoms with Crippen molar-refractivity contribution in [2.75, 3.05) is 7.11 Å². The molecule has 2 rings (SSSR count). The van der Waals surface area contributed by atoms with Gasteiger partial charge in [0.05, 0.1) is 12.7 Å². The Kier molecular flexibility index (Phi) is 2.16. The van der Waals surface area contributed by atoms with Crippen LogP contribution in [-0.2, 0) is 4.79 Å². The van der Waals surface area contributed by atoms with Gasteiger partial charge in [-0.1, -0.05) is 0 Å². The van der Waals surface area contributed by atoms with E-state index in [2.05, 4.69) is 0 Å². The number of allylic oxidation sites excluding steroid dienone is 1. The summed E-state index contributed by atoms with van der Waals surface area (Å²) in [6, 6.07) is 2.81. The molecule has 5 nitrogen and oxygen atoms in total. The molecule has 82 valence electrons. The van der Waals surface area contributed by atoms with Crippen molar-refractivity contribution >= 4 is 17.3 Å². The highest BCUT2D eigenvalue weighted by atomic mass is 16.5. The Morgan fingerprint density at radius 2 is 1.88 bits per heavy atom. The summed E-state index contributed by atoms with van der Waals surface area (Å²) >= 11 is 0. The van der Waals surface area contributed by atoms with Crippen molar-refractivity contribution < 1.29 is 24.5 Å². The Hall–Kier alpha value is -2.30. The number of ether oxygens (including phenoxy) is 1. The number of aromatic hydroxyl groups is 1. The fourth-order valence-corrected chi connectivity index (χ4v) is 1.57. The fraction of sp³-hybridized carbons (Fsp3) is 0.0909. The average molecular weight is 220 g/mol. The summed E-state index contributed by atoms with van der Waals surface area (Å²) in [6.45, 7) is 0. The van der Waals surface area contributed by atoms with Crippen molar-refractivity contribution in [3.05, 3.63) is 29.3 Å². The summed E-state index contributed by atoms with van der Waals surface area (Å²) in [6.07, 6.45) is 0.830. The van der Waals surface area contributed by atoms with Crippen molar-refractivity contribution in [2.45, 2.75) is 0 Å². The average Bonchev–Trinajstić information content (AvgIpc) is 2.26. The number of methoxy groups -OCH3 is 1. The highest BCUT2D eigenvalue weighted by molar-refractivity contribution is 6.51. The first-order chi connectivity index (χ1) is 7.56. The summed E-state index contributed by atoms with van der Waals surface area (Å²) in [5.41, 5.74) is -0.0905. The summed E-state index contributed by atoms with van der Waals surface area (Å²) < 4.78 is 4.82. The molecular weight excluding hydrogens is 212 g/mol. The van der Waals surface area contributed by atoms with E-state index in [1.54, 1.807) is 0 Å². The lowest BCUT2D eigenvalue weighted by atomic mass is 9.93. The molecule has 0 heterocycles.